The molecule has 0 aliphatic carbocycles. The third-order valence-corrected chi connectivity index (χ3v) is 2.81. The molecule has 0 aromatic carbocycles. The number of nitrogens with zero attached hydrogens (tertiary/aromatic N) is 1. The van der Waals surface area contributed by atoms with Crippen LogP contribution in [-0.2, 0) is 11.2 Å². The van der Waals surface area contributed by atoms with Gasteiger partial charge in [0.05, 0.1) is 0 Å². The fraction of sp³-hybridized carbons (Fsp3) is 0.545. The lowest BCUT2D eigenvalue weighted by Crippen LogP contribution is -2.37. The molecule has 0 bridgehead atoms. The molecule has 0 fully saturated rings. The van der Waals surface area contributed by atoms with Crippen molar-refractivity contribution < 1.29 is 4.74 Å². The Morgan fingerprint density at radius 1 is 1.56 bits per heavy atom. The summed E-state index contributed by atoms with van der Waals surface area (Å²) in [6, 6.07) is 2.33. The van der Waals surface area contributed by atoms with Crippen LogP contribution >= 0.6 is 15.9 Å². The Morgan fingerprint density at radius 3 is 3.00 bits per heavy atom. The van der Waals surface area contributed by atoms with Gasteiger partial charge in [0, 0.05) is 36.6 Å². The highest BCUT2D eigenvalue weighted by Gasteiger charge is 2.07. The lowest BCUT2D eigenvalue weighted by Gasteiger charge is -2.15. The van der Waals surface area contributed by atoms with E-state index in [0.29, 0.717) is 0 Å². The van der Waals surface area contributed by atoms with Crippen LogP contribution in [0.5, 0.6) is 0 Å². The summed E-state index contributed by atoms with van der Waals surface area (Å²) in [7, 11) is 1.71. The molecule has 16 heavy (non-hydrogen) atoms. The smallest absolute Gasteiger partial charge is 0.0462 e. The van der Waals surface area contributed by atoms with Crippen LogP contribution in [0.4, 0.5) is 0 Å². The molecule has 4 nitrogen and oxygen atoms in total. The van der Waals surface area contributed by atoms with Crippen LogP contribution in [-0.4, -0.2) is 24.7 Å². The fourth-order valence-corrected chi connectivity index (χ4v) is 1.98. The van der Waals surface area contributed by atoms with Gasteiger partial charge in [-0.1, -0.05) is 0 Å². The first-order valence-corrected chi connectivity index (χ1v) is 6.10. The molecule has 1 atom stereocenters. The zero-order chi connectivity index (χ0) is 11.8. The van der Waals surface area contributed by atoms with Gasteiger partial charge in [-0.3, -0.25) is 16.3 Å². The van der Waals surface area contributed by atoms with E-state index in [4.69, 9.17) is 10.6 Å². The zero-order valence-corrected chi connectivity index (χ0v) is 11.0. The number of methoxy groups -OCH3 is 1. The van der Waals surface area contributed by atoms with Crippen LogP contribution in [0.25, 0.3) is 0 Å². The van der Waals surface area contributed by atoms with Gasteiger partial charge in [-0.2, -0.15) is 0 Å². The number of nitrogens with two attached hydrogens (primary N) is 1. The molecule has 5 heteroatoms. The predicted octanol–water partition coefficient (Wildman–Crippen LogP) is 1.65. The van der Waals surface area contributed by atoms with Gasteiger partial charge >= 0.3 is 0 Å². The van der Waals surface area contributed by atoms with E-state index in [1.165, 1.54) is 5.56 Å². The molecule has 1 rings (SSSR count). The van der Waals surface area contributed by atoms with E-state index >= 15 is 0 Å². The number of nitrogens with one attached hydrogen (secondary N) is 1. The van der Waals surface area contributed by atoms with Crippen molar-refractivity contribution in [3.8, 4) is 0 Å². The largest absolute Gasteiger partial charge is 0.385 e. The second kappa shape index (κ2) is 7.73. The molecule has 0 saturated carbocycles. The van der Waals surface area contributed by atoms with Gasteiger partial charge in [-0.25, -0.2) is 0 Å². The van der Waals surface area contributed by atoms with Gasteiger partial charge in [0.15, 0.2) is 0 Å². The number of hydrogen-bond acceptors (Lipinski definition) is 4. The predicted molar refractivity (Wildman–Crippen MR) is 67.9 cm³/mol. The highest BCUT2D eigenvalue weighted by Crippen LogP contribution is 2.12. The first-order chi connectivity index (χ1) is 7.76. The Hall–Kier alpha value is -0.490. The zero-order valence-electron chi connectivity index (χ0n) is 9.45. The maximum atomic E-state index is 5.52. The van der Waals surface area contributed by atoms with Crippen molar-refractivity contribution in [1.82, 2.24) is 10.4 Å². The van der Waals surface area contributed by atoms with Crippen LogP contribution in [0.3, 0.4) is 0 Å². The van der Waals surface area contributed by atoms with Crippen molar-refractivity contribution in [1.29, 1.82) is 0 Å². The fourth-order valence-electron chi connectivity index (χ4n) is 1.57. The highest BCUT2D eigenvalue weighted by atomic mass is 79.9. The van der Waals surface area contributed by atoms with Gasteiger partial charge in [0.2, 0.25) is 0 Å². The summed E-state index contributed by atoms with van der Waals surface area (Å²) < 4.78 is 6.02. The van der Waals surface area contributed by atoms with E-state index in [2.05, 4.69) is 32.4 Å². The quantitative estimate of drug-likeness (QED) is 0.455. The van der Waals surface area contributed by atoms with Crippen LogP contribution in [0.1, 0.15) is 18.4 Å². The molecular formula is C11H18BrN3O. The van der Waals surface area contributed by atoms with Gasteiger partial charge in [-0.05, 0) is 46.8 Å². The minimum Gasteiger partial charge on any atom is -0.385 e. The first kappa shape index (κ1) is 13.6. The van der Waals surface area contributed by atoms with Gasteiger partial charge in [0.25, 0.3) is 0 Å². The molecule has 0 saturated heterocycles. The van der Waals surface area contributed by atoms with Crippen molar-refractivity contribution >= 4 is 15.9 Å². The Bertz CT molecular complexity index is 309. The van der Waals surface area contributed by atoms with E-state index in [-0.39, 0.29) is 6.04 Å². The van der Waals surface area contributed by atoms with Crippen LogP contribution in [0.2, 0.25) is 0 Å². The SMILES string of the molecule is COCCCC(Cc1cncc(Br)c1)NN. The monoisotopic (exact) mass is 287 g/mol. The lowest BCUT2D eigenvalue weighted by atomic mass is 10.0. The van der Waals surface area contributed by atoms with E-state index < -0.39 is 0 Å². The molecule has 3 N–H and O–H groups in total. The van der Waals surface area contributed by atoms with E-state index in [0.717, 1.165) is 30.3 Å². The summed E-state index contributed by atoms with van der Waals surface area (Å²) in [5.74, 6) is 5.52. The van der Waals surface area contributed by atoms with E-state index in [1.807, 2.05) is 6.20 Å². The number of rotatable bonds is 7. The summed E-state index contributed by atoms with van der Waals surface area (Å²) >= 11 is 3.40. The number of hydrazine groups is 1. The van der Waals surface area contributed by atoms with Crippen molar-refractivity contribution in [2.75, 3.05) is 13.7 Å². The molecule has 0 radical (unpaired) electrons. The highest BCUT2D eigenvalue weighted by molar-refractivity contribution is 9.10. The number of aromatic nitrogens is 1. The topological polar surface area (TPSA) is 60.2 Å². The van der Waals surface area contributed by atoms with Crippen molar-refractivity contribution in [3.63, 3.8) is 0 Å². The van der Waals surface area contributed by atoms with Crippen LogP contribution in [0.15, 0.2) is 22.9 Å². The van der Waals surface area contributed by atoms with E-state index in [9.17, 15) is 0 Å². The Morgan fingerprint density at radius 2 is 2.38 bits per heavy atom. The third kappa shape index (κ3) is 5.03. The number of hydrogen-bond donors (Lipinski definition) is 2. The van der Waals surface area contributed by atoms with Crippen LogP contribution in [0, 0.1) is 0 Å². The minimum atomic E-state index is 0.270. The molecular weight excluding hydrogens is 270 g/mol. The molecule has 1 aromatic heterocycles. The summed E-state index contributed by atoms with van der Waals surface area (Å²) in [4.78, 5) is 4.13. The molecule has 1 aromatic rings. The van der Waals surface area contributed by atoms with Crippen molar-refractivity contribution in [3.05, 3.63) is 28.5 Å². The van der Waals surface area contributed by atoms with Crippen molar-refractivity contribution in [2.24, 2.45) is 5.84 Å². The average Bonchev–Trinajstić information content (AvgIpc) is 2.28. The summed E-state index contributed by atoms with van der Waals surface area (Å²) in [6.07, 6.45) is 6.53. The third-order valence-electron chi connectivity index (χ3n) is 2.38. The van der Waals surface area contributed by atoms with Crippen molar-refractivity contribution in [2.45, 2.75) is 25.3 Å². The summed E-state index contributed by atoms with van der Waals surface area (Å²) in [6.45, 7) is 0.773. The summed E-state index contributed by atoms with van der Waals surface area (Å²) in [5, 5.41) is 0. The second-order valence-electron chi connectivity index (χ2n) is 3.71. The van der Waals surface area contributed by atoms with Gasteiger partial charge in [-0.15, -0.1) is 0 Å². The van der Waals surface area contributed by atoms with Gasteiger partial charge < -0.3 is 4.74 Å². The molecule has 0 amide bonds. The van der Waals surface area contributed by atoms with Crippen LogP contribution < -0.4 is 11.3 Å². The molecule has 90 valence electrons. The maximum absolute atomic E-state index is 5.52. The number of pyridine rings is 1. The minimum absolute atomic E-state index is 0.270. The molecule has 0 aliphatic rings. The van der Waals surface area contributed by atoms with Gasteiger partial charge in [0.1, 0.15) is 0 Å². The standard InChI is InChI=1S/C11H18BrN3O/c1-16-4-2-3-11(15-13)6-9-5-10(12)8-14-7-9/h5,7-8,11,15H,2-4,6,13H2,1H3. The molecule has 1 heterocycles. The number of halogens is 1. The Kier molecular flexibility index (Phi) is 6.56. The normalized spacial score (nSPS) is 12.7. The average molecular weight is 288 g/mol. The second-order valence-corrected chi connectivity index (χ2v) is 4.63. The summed E-state index contributed by atoms with van der Waals surface area (Å²) in [5.41, 5.74) is 4.01. The Balaban J connectivity index is 2.43. The maximum Gasteiger partial charge on any atom is 0.0462 e. The molecule has 0 spiro atoms. The number of ether oxygens (including phenoxy) is 1. The Labute approximate surface area is 105 Å². The molecule has 0 aliphatic heterocycles. The van der Waals surface area contributed by atoms with E-state index in [1.54, 1.807) is 13.3 Å². The first-order valence-electron chi connectivity index (χ1n) is 5.30. The molecule has 1 unspecified atom stereocenters. The lowest BCUT2D eigenvalue weighted by molar-refractivity contribution is 0.188.